The molecule has 1 atom stereocenters. The number of carbonyl (C=O) groups is 2. The van der Waals surface area contributed by atoms with Crippen LogP contribution in [0.1, 0.15) is 15.9 Å². The van der Waals surface area contributed by atoms with Gasteiger partial charge in [0, 0.05) is 12.1 Å². The molecule has 1 aliphatic heterocycles. The first-order valence-electron chi connectivity index (χ1n) is 6.49. The zero-order chi connectivity index (χ0) is 14.8. The second-order valence-electron chi connectivity index (χ2n) is 4.75. The van der Waals surface area contributed by atoms with Crippen molar-refractivity contribution >= 4 is 17.6 Å². The minimum absolute atomic E-state index is 0.309. The van der Waals surface area contributed by atoms with Gasteiger partial charge in [-0.15, -0.1) is 0 Å². The Hall–Kier alpha value is -2.69. The van der Waals surface area contributed by atoms with Gasteiger partial charge in [-0.05, 0) is 29.8 Å². The number of anilines is 1. The van der Waals surface area contributed by atoms with Crippen molar-refractivity contribution in [3.8, 4) is 0 Å². The normalized spacial score (nSPS) is 16.8. The van der Waals surface area contributed by atoms with Crippen LogP contribution in [0.15, 0.2) is 48.5 Å². The molecule has 0 spiro atoms. The predicted octanol–water partition coefficient (Wildman–Crippen LogP) is 2.55. The molecule has 2 aromatic carbocycles. The van der Waals surface area contributed by atoms with Gasteiger partial charge in [-0.2, -0.15) is 0 Å². The molecule has 2 aromatic rings. The highest BCUT2D eigenvalue weighted by atomic mass is 19.1. The van der Waals surface area contributed by atoms with Gasteiger partial charge in [-0.25, -0.2) is 9.18 Å². The third kappa shape index (κ3) is 2.76. The van der Waals surface area contributed by atoms with Crippen LogP contribution in [-0.2, 0) is 16.0 Å². The number of halogens is 1. The van der Waals surface area contributed by atoms with Gasteiger partial charge >= 0.3 is 5.97 Å². The molecule has 3 rings (SSSR count). The zero-order valence-corrected chi connectivity index (χ0v) is 11.0. The second kappa shape index (κ2) is 5.36. The third-order valence-electron chi connectivity index (χ3n) is 3.28. The van der Waals surface area contributed by atoms with E-state index in [1.807, 2.05) is 0 Å². The molecule has 0 aromatic heterocycles. The van der Waals surface area contributed by atoms with Crippen molar-refractivity contribution in [2.24, 2.45) is 0 Å². The van der Waals surface area contributed by atoms with Gasteiger partial charge in [0.1, 0.15) is 5.82 Å². The van der Waals surface area contributed by atoms with Crippen LogP contribution in [0.2, 0.25) is 0 Å². The van der Waals surface area contributed by atoms with E-state index in [1.54, 1.807) is 30.3 Å². The molecule has 5 heteroatoms. The summed E-state index contributed by atoms with van der Waals surface area (Å²) in [5, 5.41) is 2.55. The van der Waals surface area contributed by atoms with E-state index < -0.39 is 23.8 Å². The quantitative estimate of drug-likeness (QED) is 0.863. The Morgan fingerprint density at radius 1 is 1.19 bits per heavy atom. The first-order chi connectivity index (χ1) is 10.1. The fraction of sp³-hybridized carbons (Fsp3) is 0.125. The van der Waals surface area contributed by atoms with Crippen molar-refractivity contribution in [1.29, 1.82) is 0 Å². The molecule has 0 radical (unpaired) electrons. The number of benzene rings is 2. The molecule has 0 bridgehead atoms. The maximum absolute atomic E-state index is 13.1. The highest BCUT2D eigenvalue weighted by Gasteiger charge is 2.31. The number of rotatable bonds is 2. The van der Waals surface area contributed by atoms with E-state index >= 15 is 0 Å². The molecule has 106 valence electrons. The summed E-state index contributed by atoms with van der Waals surface area (Å²) in [7, 11) is 0. The summed E-state index contributed by atoms with van der Waals surface area (Å²) in [6.45, 7) is 0. The Balaban J connectivity index is 1.76. The third-order valence-corrected chi connectivity index (χ3v) is 3.28. The minimum Gasteiger partial charge on any atom is -0.448 e. The number of carbonyl (C=O) groups excluding carboxylic acids is 2. The maximum atomic E-state index is 13.1. The molecule has 1 amide bonds. The van der Waals surface area contributed by atoms with E-state index in [2.05, 4.69) is 5.32 Å². The number of ether oxygens (including phenoxy) is 1. The fourth-order valence-electron chi connectivity index (χ4n) is 2.27. The van der Waals surface area contributed by atoms with E-state index in [0.29, 0.717) is 17.7 Å². The van der Waals surface area contributed by atoms with Crippen LogP contribution in [0.25, 0.3) is 0 Å². The van der Waals surface area contributed by atoms with Crippen LogP contribution in [0.5, 0.6) is 0 Å². The van der Waals surface area contributed by atoms with Crippen LogP contribution in [0.4, 0.5) is 10.1 Å². The Labute approximate surface area is 120 Å². The summed E-state index contributed by atoms with van der Waals surface area (Å²) in [5.41, 5.74) is 1.58. The molecular weight excluding hydrogens is 273 g/mol. The molecule has 1 N–H and O–H groups in total. The van der Waals surface area contributed by atoms with Gasteiger partial charge in [0.2, 0.25) is 0 Å². The molecule has 4 nitrogen and oxygen atoms in total. The Kier molecular flexibility index (Phi) is 3.39. The molecule has 0 saturated carbocycles. The van der Waals surface area contributed by atoms with Gasteiger partial charge in [-0.3, -0.25) is 4.79 Å². The summed E-state index contributed by atoms with van der Waals surface area (Å²) < 4.78 is 18.2. The van der Waals surface area contributed by atoms with Gasteiger partial charge in [-0.1, -0.05) is 24.3 Å². The van der Waals surface area contributed by atoms with E-state index in [9.17, 15) is 14.0 Å². The lowest BCUT2D eigenvalue weighted by Gasteiger charge is -2.23. The van der Waals surface area contributed by atoms with Crippen molar-refractivity contribution in [1.82, 2.24) is 0 Å². The fourth-order valence-corrected chi connectivity index (χ4v) is 2.27. The molecule has 1 heterocycles. The Morgan fingerprint density at radius 2 is 2.00 bits per heavy atom. The van der Waals surface area contributed by atoms with Crippen molar-refractivity contribution in [3.63, 3.8) is 0 Å². The van der Waals surface area contributed by atoms with Crippen LogP contribution >= 0.6 is 0 Å². The maximum Gasteiger partial charge on any atom is 0.339 e. The van der Waals surface area contributed by atoms with Crippen LogP contribution in [0, 0.1) is 5.82 Å². The lowest BCUT2D eigenvalue weighted by Crippen LogP contribution is -2.37. The molecule has 1 aliphatic rings. The molecule has 0 saturated heterocycles. The van der Waals surface area contributed by atoms with Crippen molar-refractivity contribution < 1.29 is 18.7 Å². The monoisotopic (exact) mass is 285 g/mol. The highest BCUT2D eigenvalue weighted by molar-refractivity contribution is 6.00. The second-order valence-corrected chi connectivity index (χ2v) is 4.75. The topological polar surface area (TPSA) is 55.4 Å². The van der Waals surface area contributed by atoms with E-state index in [1.165, 1.54) is 18.2 Å². The summed E-state index contributed by atoms with van der Waals surface area (Å²) in [6.07, 6.45) is -0.598. The van der Waals surface area contributed by atoms with Crippen molar-refractivity contribution in [3.05, 3.63) is 65.5 Å². The zero-order valence-electron chi connectivity index (χ0n) is 11.0. The summed E-state index contributed by atoms with van der Waals surface area (Å²) in [6, 6.07) is 12.6. The van der Waals surface area contributed by atoms with Gasteiger partial charge < -0.3 is 10.1 Å². The highest BCUT2D eigenvalue weighted by Crippen LogP contribution is 2.21. The predicted molar refractivity (Wildman–Crippen MR) is 74.4 cm³/mol. The van der Waals surface area contributed by atoms with E-state index in [-0.39, 0.29) is 0 Å². The molecular formula is C16H12FNO3. The number of amides is 1. The van der Waals surface area contributed by atoms with Crippen LogP contribution in [0.3, 0.4) is 0 Å². The SMILES string of the molecule is O=C1O[C@H](C(=O)Nc2cccc(F)c2)Cc2ccccc21. The average molecular weight is 285 g/mol. The van der Waals surface area contributed by atoms with Crippen LogP contribution < -0.4 is 5.32 Å². The van der Waals surface area contributed by atoms with Gasteiger partial charge in [0.15, 0.2) is 6.10 Å². The van der Waals surface area contributed by atoms with Crippen LogP contribution in [-0.4, -0.2) is 18.0 Å². The molecule has 0 unspecified atom stereocenters. The smallest absolute Gasteiger partial charge is 0.339 e. The number of nitrogens with one attached hydrogen (secondary N) is 1. The average Bonchev–Trinajstić information content (AvgIpc) is 2.47. The molecule has 21 heavy (non-hydrogen) atoms. The van der Waals surface area contributed by atoms with Gasteiger partial charge in [0.25, 0.3) is 5.91 Å². The lowest BCUT2D eigenvalue weighted by molar-refractivity contribution is -0.125. The molecule has 0 fully saturated rings. The summed E-state index contributed by atoms with van der Waals surface area (Å²) in [5.74, 6) is -1.43. The van der Waals surface area contributed by atoms with Gasteiger partial charge in [0.05, 0.1) is 5.56 Å². The Bertz CT molecular complexity index is 714. The standard InChI is InChI=1S/C16H12FNO3/c17-11-5-3-6-12(9-11)18-15(19)14-8-10-4-1-2-7-13(10)16(20)21-14/h1-7,9,14H,8H2,(H,18,19)/t14-/m0/s1. The Morgan fingerprint density at radius 3 is 2.81 bits per heavy atom. The van der Waals surface area contributed by atoms with Crippen molar-refractivity contribution in [2.45, 2.75) is 12.5 Å². The molecule has 0 aliphatic carbocycles. The van der Waals surface area contributed by atoms with E-state index in [4.69, 9.17) is 4.74 Å². The first-order valence-corrected chi connectivity index (χ1v) is 6.49. The van der Waals surface area contributed by atoms with Crippen molar-refractivity contribution in [2.75, 3.05) is 5.32 Å². The number of hydrogen-bond donors (Lipinski definition) is 1. The number of esters is 1. The number of hydrogen-bond acceptors (Lipinski definition) is 3. The number of fused-ring (bicyclic) bond motifs is 1. The number of cyclic esters (lactones) is 1. The summed E-state index contributed by atoms with van der Waals surface area (Å²) in [4.78, 5) is 24.0. The first kappa shape index (κ1) is 13.3. The summed E-state index contributed by atoms with van der Waals surface area (Å²) >= 11 is 0. The van der Waals surface area contributed by atoms with E-state index in [0.717, 1.165) is 5.56 Å². The lowest BCUT2D eigenvalue weighted by atomic mass is 9.98. The minimum atomic E-state index is -0.907. The largest absolute Gasteiger partial charge is 0.448 e.